The van der Waals surface area contributed by atoms with E-state index in [0.717, 1.165) is 37.8 Å². The van der Waals surface area contributed by atoms with E-state index in [0.29, 0.717) is 72.2 Å². The molecule has 0 saturated carbocycles. The number of rotatable bonds is 21. The van der Waals surface area contributed by atoms with E-state index in [2.05, 4.69) is 34.7 Å². The topological polar surface area (TPSA) is 166 Å². The molecule has 0 aliphatic carbocycles. The summed E-state index contributed by atoms with van der Waals surface area (Å²) in [7, 11) is 0. The van der Waals surface area contributed by atoms with E-state index in [1.54, 1.807) is 64.8 Å². The van der Waals surface area contributed by atoms with Crippen LogP contribution in [0.4, 0.5) is 0 Å². The number of hydrogen-bond acceptors (Lipinski definition) is 11. The summed E-state index contributed by atoms with van der Waals surface area (Å²) in [5.41, 5.74) is 6.55. The number of ketones is 1. The van der Waals surface area contributed by atoms with Gasteiger partial charge in [0.1, 0.15) is 22.9 Å². The van der Waals surface area contributed by atoms with E-state index in [1.807, 2.05) is 66.1 Å². The molecule has 4 aromatic carbocycles. The zero-order valence-corrected chi connectivity index (χ0v) is 46.4. The number of nitrogens with zero attached hydrogens (tertiary/aromatic N) is 5. The molecular weight excluding hydrogens is 1090 g/mol. The number of ether oxygens (including phenoxy) is 3. The molecule has 1 fully saturated rings. The Balaban J connectivity index is 0.785. The first-order valence-electron chi connectivity index (χ1n) is 24.5. The van der Waals surface area contributed by atoms with Crippen molar-refractivity contribution in [2.24, 2.45) is 4.99 Å². The van der Waals surface area contributed by atoms with Crippen molar-refractivity contribution in [3.05, 3.63) is 177 Å². The number of fused-ring (bicyclic) bond motifs is 3. The van der Waals surface area contributed by atoms with Crippen LogP contribution in [0.15, 0.2) is 107 Å². The van der Waals surface area contributed by atoms with Gasteiger partial charge in [-0.2, -0.15) is 0 Å². The highest BCUT2D eigenvalue weighted by atomic mass is 35.5. The predicted octanol–water partition coefficient (Wildman–Crippen LogP) is 10.7. The van der Waals surface area contributed by atoms with Crippen LogP contribution in [0.25, 0.3) is 17.2 Å². The number of aryl methyl sites for hydroxylation is 2. The number of nitrogens with one attached hydrogen (secondary N) is 2. The van der Waals surface area contributed by atoms with Gasteiger partial charge in [0.05, 0.1) is 71.9 Å². The van der Waals surface area contributed by atoms with Crippen molar-refractivity contribution in [1.82, 2.24) is 30.3 Å². The molecule has 0 bridgehead atoms. The molecule has 2 atom stereocenters. The molecule has 0 unspecified atom stereocenters. The third kappa shape index (κ3) is 14.4. The first kappa shape index (κ1) is 56.5. The average Bonchev–Trinajstić information content (AvgIpc) is 3.89. The molecule has 6 aromatic rings. The van der Waals surface area contributed by atoms with Crippen LogP contribution in [0.1, 0.15) is 68.8 Å². The Morgan fingerprint density at radius 1 is 0.737 bits per heavy atom. The van der Waals surface area contributed by atoms with Crippen LogP contribution in [0.5, 0.6) is 0 Å². The monoisotopic (exact) mass is 1140 g/mol. The van der Waals surface area contributed by atoms with Crippen molar-refractivity contribution in [1.29, 1.82) is 0 Å². The summed E-state index contributed by atoms with van der Waals surface area (Å²) in [5.74, 6) is 0.100. The highest BCUT2D eigenvalue weighted by Crippen LogP contribution is 2.40. The van der Waals surface area contributed by atoms with Crippen molar-refractivity contribution in [3.63, 3.8) is 0 Å². The molecule has 20 heteroatoms. The number of hydrogen-bond donors (Lipinski definition) is 2. The number of aliphatic imine (C=N–C) groups is 1. The highest BCUT2D eigenvalue weighted by molar-refractivity contribution is 7.15. The van der Waals surface area contributed by atoms with Crippen molar-refractivity contribution in [3.8, 4) is 5.00 Å². The number of thiophene rings is 1. The van der Waals surface area contributed by atoms with Crippen LogP contribution in [0.2, 0.25) is 25.1 Å². The van der Waals surface area contributed by atoms with E-state index in [9.17, 15) is 19.2 Å². The Bertz CT molecular complexity index is 3120. The zero-order chi connectivity index (χ0) is 53.9. The van der Waals surface area contributed by atoms with Crippen molar-refractivity contribution >= 4 is 111 Å². The molecule has 396 valence electrons. The lowest BCUT2D eigenvalue weighted by Crippen LogP contribution is -2.52. The van der Waals surface area contributed by atoms with Crippen molar-refractivity contribution < 1.29 is 33.4 Å². The Morgan fingerprint density at radius 2 is 1.34 bits per heavy atom. The van der Waals surface area contributed by atoms with Gasteiger partial charge in [-0.05, 0) is 91.6 Å². The standard InChI is InChI=1S/C56H54Cl5N7O7S/c1-33-34(2)76-56-51(33)52(39-11-13-42(57)14-12-39)64-47(54-66-65-35(3)68(54)56)30-50(70)62-18-20-74-22-24-75-23-21-73-19-17-49(69)63-48(29-36-7-5-4-6-8-36)55(72)67-31-40(25-37-9-15-43(58)45(60)27-37)53(71)41(32-67)26-38-10-16-44(59)46(61)28-38/h4-16,25-28,47-48H,17-24,29-32H2,1-3H3,(H,62,70)(H,63,69)/b40-25+,41-26+/t47-,48-/m0/s1. The molecule has 3 amide bonds. The second-order valence-corrected chi connectivity index (χ2v) is 21.3. The summed E-state index contributed by atoms with van der Waals surface area (Å²) in [6.07, 6.45) is 3.62. The second kappa shape index (κ2) is 26.6. The minimum Gasteiger partial charge on any atom is -0.379 e. The summed E-state index contributed by atoms with van der Waals surface area (Å²) < 4.78 is 19.1. The summed E-state index contributed by atoms with van der Waals surface area (Å²) in [4.78, 5) is 63.2. The molecule has 2 aromatic heterocycles. The lowest BCUT2D eigenvalue weighted by atomic mass is 9.93. The molecule has 4 heterocycles. The third-order valence-electron chi connectivity index (χ3n) is 12.6. The van der Waals surface area contributed by atoms with Crippen molar-refractivity contribution in [2.75, 3.05) is 59.3 Å². The first-order valence-corrected chi connectivity index (χ1v) is 27.2. The van der Waals surface area contributed by atoms with Crippen LogP contribution in [0.3, 0.4) is 0 Å². The first-order chi connectivity index (χ1) is 36.6. The fraction of sp³-hybridized carbons (Fsp3) is 0.304. The number of aromatic nitrogens is 3. The quantitative estimate of drug-likeness (QED) is 0.0527. The van der Waals surface area contributed by atoms with Gasteiger partial charge in [-0.15, -0.1) is 21.5 Å². The number of carbonyl (C=O) groups is 4. The van der Waals surface area contributed by atoms with E-state index in [1.165, 1.54) is 0 Å². The van der Waals surface area contributed by atoms with Gasteiger partial charge in [-0.3, -0.25) is 28.7 Å². The number of likely N-dealkylation sites (tertiary alicyclic amines) is 1. The normalized spacial score (nSPS) is 15.8. The third-order valence-corrected chi connectivity index (χ3v) is 15.5. The fourth-order valence-corrected chi connectivity index (χ4v) is 10.6. The minimum absolute atomic E-state index is 0.0119. The van der Waals surface area contributed by atoms with E-state index in [-0.39, 0.29) is 88.8 Å². The summed E-state index contributed by atoms with van der Waals surface area (Å²) >= 11 is 32.9. The average molecular weight is 1150 g/mol. The molecule has 2 aliphatic heterocycles. The Labute approximate surface area is 470 Å². The maximum Gasteiger partial charge on any atom is 0.246 e. The number of benzene rings is 4. The van der Waals surface area contributed by atoms with E-state index >= 15 is 0 Å². The lowest BCUT2D eigenvalue weighted by Gasteiger charge is -2.33. The highest BCUT2D eigenvalue weighted by Gasteiger charge is 2.35. The van der Waals surface area contributed by atoms with Gasteiger partial charge in [-0.1, -0.05) is 113 Å². The second-order valence-electron chi connectivity index (χ2n) is 18.1. The lowest BCUT2D eigenvalue weighted by molar-refractivity contribution is -0.136. The van der Waals surface area contributed by atoms with Gasteiger partial charge in [0, 0.05) is 64.6 Å². The van der Waals surface area contributed by atoms with Gasteiger partial charge >= 0.3 is 0 Å². The molecule has 0 spiro atoms. The van der Waals surface area contributed by atoms with E-state index < -0.39 is 12.1 Å². The van der Waals surface area contributed by atoms with Crippen LogP contribution in [-0.4, -0.2) is 114 Å². The molecule has 14 nitrogen and oxygen atoms in total. The smallest absolute Gasteiger partial charge is 0.246 e. The van der Waals surface area contributed by atoms with Gasteiger partial charge in [0.2, 0.25) is 17.7 Å². The number of amides is 3. The molecule has 0 radical (unpaired) electrons. The Hall–Kier alpha value is -5.72. The summed E-state index contributed by atoms with van der Waals surface area (Å²) in [5, 5.41) is 17.7. The number of halogens is 5. The SMILES string of the molecule is Cc1sc2c(c1C)C(c1ccc(Cl)cc1)=N[C@@H](CC(=O)NCCOCCOCCOCCC(=O)N[C@@H](Cc1ccccc1)C(=O)N1C/C(=C\c3ccc(Cl)c(Cl)c3)C(=O)/C(=C/c3ccc(Cl)c(Cl)c3)C1)c1nnc(C)n1-2. The summed E-state index contributed by atoms with van der Waals surface area (Å²) in [6, 6.07) is 25.4. The van der Waals surface area contributed by atoms with E-state index in [4.69, 9.17) is 77.2 Å². The number of carbonyl (C=O) groups excluding carboxylic acids is 4. The largest absolute Gasteiger partial charge is 0.379 e. The van der Waals surface area contributed by atoms with Gasteiger partial charge < -0.3 is 29.7 Å². The number of piperidine rings is 1. The summed E-state index contributed by atoms with van der Waals surface area (Å²) in [6.45, 7) is 7.74. The zero-order valence-electron chi connectivity index (χ0n) is 41.8. The number of Topliss-reactive ketones (excluding diaryl/α,β-unsaturated/α-hetero) is 1. The minimum atomic E-state index is -0.960. The van der Waals surface area contributed by atoms with Gasteiger partial charge in [0.15, 0.2) is 11.6 Å². The van der Waals surface area contributed by atoms with Crippen LogP contribution in [0, 0.1) is 20.8 Å². The van der Waals surface area contributed by atoms with Crippen LogP contribution >= 0.6 is 69.3 Å². The Kier molecular flexibility index (Phi) is 19.7. The van der Waals surface area contributed by atoms with Crippen LogP contribution < -0.4 is 10.6 Å². The molecule has 2 N–H and O–H groups in total. The maximum atomic E-state index is 14.5. The van der Waals surface area contributed by atoms with Gasteiger partial charge in [-0.25, -0.2) is 0 Å². The molecule has 2 aliphatic rings. The van der Waals surface area contributed by atoms with Gasteiger partial charge in [0.25, 0.3) is 0 Å². The molecule has 1 saturated heterocycles. The molecule has 76 heavy (non-hydrogen) atoms. The predicted molar refractivity (Wildman–Crippen MR) is 301 cm³/mol. The fourth-order valence-electron chi connectivity index (χ4n) is 8.69. The molecular formula is C56H54Cl5N7O7S. The molecule has 8 rings (SSSR count). The Morgan fingerprint density at radius 3 is 1.96 bits per heavy atom. The van der Waals surface area contributed by atoms with Crippen molar-refractivity contribution in [2.45, 2.75) is 52.1 Å². The maximum absolute atomic E-state index is 14.5. The van der Waals surface area contributed by atoms with Crippen LogP contribution in [-0.2, 0) is 39.8 Å².